The lowest BCUT2D eigenvalue weighted by atomic mass is 10.2. The Labute approximate surface area is 89.3 Å². The molecule has 15 heavy (non-hydrogen) atoms. The van der Waals surface area contributed by atoms with E-state index in [1.165, 1.54) is 6.08 Å². The lowest BCUT2D eigenvalue weighted by Gasteiger charge is -2.03. The van der Waals surface area contributed by atoms with Crippen LogP contribution in [0.15, 0.2) is 42.5 Å². The maximum Gasteiger partial charge on any atom is 0.332 e. The van der Waals surface area contributed by atoms with Crippen molar-refractivity contribution in [2.75, 3.05) is 6.79 Å². The summed E-state index contributed by atoms with van der Waals surface area (Å²) >= 11 is 0. The lowest BCUT2D eigenvalue weighted by Crippen LogP contribution is -2.05. The second-order valence-corrected chi connectivity index (χ2v) is 2.92. The predicted molar refractivity (Wildman–Crippen MR) is 57.0 cm³/mol. The summed E-state index contributed by atoms with van der Waals surface area (Å²) in [6, 6.07) is 9.71. The summed E-state index contributed by atoms with van der Waals surface area (Å²) in [6.45, 7) is 2.19. The summed E-state index contributed by atoms with van der Waals surface area (Å²) < 4.78 is 9.92. The van der Waals surface area contributed by atoms with Crippen LogP contribution < -0.4 is 0 Å². The summed E-state index contributed by atoms with van der Waals surface area (Å²) in [6.07, 6.45) is 2.98. The van der Waals surface area contributed by atoms with Crippen LogP contribution in [0, 0.1) is 0 Å². The molecular weight excluding hydrogens is 192 g/mol. The average Bonchev–Trinajstić information content (AvgIpc) is 2.26. The number of allylic oxidation sites excluding steroid dienone is 1. The molecule has 0 aliphatic carbocycles. The van der Waals surface area contributed by atoms with E-state index in [2.05, 4.69) is 0 Å². The third kappa shape index (κ3) is 4.98. The molecule has 3 nitrogen and oxygen atoms in total. The second-order valence-electron chi connectivity index (χ2n) is 2.92. The van der Waals surface area contributed by atoms with Gasteiger partial charge in [-0.2, -0.15) is 0 Å². The number of esters is 1. The molecule has 0 spiro atoms. The van der Waals surface area contributed by atoms with Crippen LogP contribution in [0.25, 0.3) is 0 Å². The van der Waals surface area contributed by atoms with E-state index < -0.39 is 0 Å². The van der Waals surface area contributed by atoms with Crippen molar-refractivity contribution in [3.8, 4) is 0 Å². The van der Waals surface area contributed by atoms with Gasteiger partial charge in [0, 0.05) is 6.08 Å². The zero-order valence-corrected chi connectivity index (χ0v) is 8.68. The maximum absolute atomic E-state index is 10.9. The minimum atomic E-state index is -0.384. The molecule has 0 radical (unpaired) electrons. The molecule has 0 aliphatic heterocycles. The Morgan fingerprint density at radius 2 is 2.07 bits per heavy atom. The first kappa shape index (κ1) is 11.5. The van der Waals surface area contributed by atoms with Gasteiger partial charge in [0.1, 0.15) is 0 Å². The van der Waals surface area contributed by atoms with E-state index in [9.17, 15) is 4.79 Å². The van der Waals surface area contributed by atoms with Crippen molar-refractivity contribution in [3.63, 3.8) is 0 Å². The second kappa shape index (κ2) is 6.79. The molecule has 0 bridgehead atoms. The van der Waals surface area contributed by atoms with Crippen LogP contribution in [-0.4, -0.2) is 12.8 Å². The third-order valence-electron chi connectivity index (χ3n) is 1.70. The zero-order valence-electron chi connectivity index (χ0n) is 8.68. The van der Waals surface area contributed by atoms with E-state index >= 15 is 0 Å². The number of rotatable bonds is 5. The van der Waals surface area contributed by atoms with Crippen LogP contribution >= 0.6 is 0 Å². The Bertz CT molecular complexity index is 317. The first-order chi connectivity index (χ1) is 7.33. The molecule has 1 aromatic carbocycles. The van der Waals surface area contributed by atoms with Gasteiger partial charge in [-0.25, -0.2) is 4.79 Å². The Morgan fingerprint density at radius 1 is 1.33 bits per heavy atom. The summed E-state index contributed by atoms with van der Waals surface area (Å²) in [5.74, 6) is -0.384. The minimum Gasteiger partial charge on any atom is -0.435 e. The van der Waals surface area contributed by atoms with Crippen LogP contribution in [0.2, 0.25) is 0 Å². The Kier molecular flexibility index (Phi) is 5.19. The molecule has 1 aromatic rings. The molecule has 0 aliphatic rings. The monoisotopic (exact) mass is 206 g/mol. The number of ether oxygens (including phenoxy) is 2. The largest absolute Gasteiger partial charge is 0.435 e. The number of hydrogen-bond donors (Lipinski definition) is 0. The van der Waals surface area contributed by atoms with E-state index in [1.807, 2.05) is 30.3 Å². The highest BCUT2D eigenvalue weighted by molar-refractivity contribution is 5.81. The molecule has 0 saturated carbocycles. The van der Waals surface area contributed by atoms with Gasteiger partial charge in [-0.05, 0) is 12.5 Å². The van der Waals surface area contributed by atoms with Crippen LogP contribution in [0.4, 0.5) is 0 Å². The molecule has 0 heterocycles. The van der Waals surface area contributed by atoms with E-state index in [0.29, 0.717) is 6.61 Å². The number of benzene rings is 1. The molecule has 3 heteroatoms. The van der Waals surface area contributed by atoms with E-state index in [1.54, 1.807) is 13.0 Å². The predicted octanol–water partition coefficient (Wildman–Crippen LogP) is 2.28. The van der Waals surface area contributed by atoms with Gasteiger partial charge in [-0.3, -0.25) is 0 Å². The van der Waals surface area contributed by atoms with Gasteiger partial charge in [-0.1, -0.05) is 36.4 Å². The van der Waals surface area contributed by atoms with Gasteiger partial charge in [0.25, 0.3) is 0 Å². The standard InChI is InChI=1S/C12H14O3/c1-2-6-12(13)15-10-14-9-11-7-4-3-5-8-11/h2-8H,9-10H2,1H3. The van der Waals surface area contributed by atoms with Crippen LogP contribution in [-0.2, 0) is 20.9 Å². The molecule has 0 N–H and O–H groups in total. The van der Waals surface area contributed by atoms with Gasteiger partial charge >= 0.3 is 5.97 Å². The smallest absolute Gasteiger partial charge is 0.332 e. The number of carbonyl (C=O) groups excluding carboxylic acids is 1. The zero-order chi connectivity index (χ0) is 10.9. The molecule has 0 atom stereocenters. The SMILES string of the molecule is CC=CC(=O)OCOCc1ccccc1. The van der Waals surface area contributed by atoms with Crippen molar-refractivity contribution in [1.29, 1.82) is 0 Å². The van der Waals surface area contributed by atoms with Gasteiger partial charge < -0.3 is 9.47 Å². The topological polar surface area (TPSA) is 35.5 Å². The first-order valence-corrected chi connectivity index (χ1v) is 4.74. The van der Waals surface area contributed by atoms with Crippen molar-refractivity contribution >= 4 is 5.97 Å². The normalized spacial score (nSPS) is 10.5. The van der Waals surface area contributed by atoms with E-state index in [0.717, 1.165) is 5.56 Å². The van der Waals surface area contributed by atoms with E-state index in [-0.39, 0.29) is 12.8 Å². The molecular formula is C12H14O3. The van der Waals surface area contributed by atoms with Gasteiger partial charge in [0.15, 0.2) is 6.79 Å². The summed E-state index contributed by atoms with van der Waals surface area (Å²) in [5.41, 5.74) is 1.06. The quantitative estimate of drug-likeness (QED) is 0.321. The highest BCUT2D eigenvalue weighted by atomic mass is 16.7. The van der Waals surface area contributed by atoms with Crippen molar-refractivity contribution in [2.24, 2.45) is 0 Å². The van der Waals surface area contributed by atoms with Gasteiger partial charge in [0.2, 0.25) is 0 Å². The number of carbonyl (C=O) groups is 1. The Hall–Kier alpha value is -1.61. The van der Waals surface area contributed by atoms with Gasteiger partial charge in [-0.15, -0.1) is 0 Å². The third-order valence-corrected chi connectivity index (χ3v) is 1.70. The summed E-state index contributed by atoms with van der Waals surface area (Å²) in [4.78, 5) is 10.9. The molecule has 0 saturated heterocycles. The molecule has 80 valence electrons. The fourth-order valence-corrected chi connectivity index (χ4v) is 1.02. The highest BCUT2D eigenvalue weighted by Gasteiger charge is 1.95. The maximum atomic E-state index is 10.9. The average molecular weight is 206 g/mol. The first-order valence-electron chi connectivity index (χ1n) is 4.74. The summed E-state index contributed by atoms with van der Waals surface area (Å²) in [7, 11) is 0. The van der Waals surface area contributed by atoms with Crippen molar-refractivity contribution < 1.29 is 14.3 Å². The molecule has 0 amide bonds. The molecule has 0 aromatic heterocycles. The van der Waals surface area contributed by atoms with Crippen LogP contribution in [0.5, 0.6) is 0 Å². The highest BCUT2D eigenvalue weighted by Crippen LogP contribution is 2.00. The van der Waals surface area contributed by atoms with Crippen molar-refractivity contribution in [1.82, 2.24) is 0 Å². The number of hydrogen-bond acceptors (Lipinski definition) is 3. The van der Waals surface area contributed by atoms with Crippen molar-refractivity contribution in [3.05, 3.63) is 48.0 Å². The fourth-order valence-electron chi connectivity index (χ4n) is 1.02. The molecule has 0 unspecified atom stereocenters. The summed E-state index contributed by atoms with van der Waals surface area (Å²) in [5, 5.41) is 0. The molecule has 0 fully saturated rings. The molecule has 1 rings (SSSR count). The van der Waals surface area contributed by atoms with Crippen LogP contribution in [0.1, 0.15) is 12.5 Å². The van der Waals surface area contributed by atoms with Gasteiger partial charge in [0.05, 0.1) is 6.61 Å². The van der Waals surface area contributed by atoms with Crippen molar-refractivity contribution in [2.45, 2.75) is 13.5 Å². The fraction of sp³-hybridized carbons (Fsp3) is 0.250. The lowest BCUT2D eigenvalue weighted by molar-refractivity contribution is -0.151. The van der Waals surface area contributed by atoms with E-state index in [4.69, 9.17) is 9.47 Å². The van der Waals surface area contributed by atoms with Crippen LogP contribution in [0.3, 0.4) is 0 Å². The minimum absolute atomic E-state index is 0.0158. The Balaban J connectivity index is 2.15. The Morgan fingerprint density at radius 3 is 2.73 bits per heavy atom.